The molecule has 0 aromatic heterocycles. The third kappa shape index (κ3) is 0.565. The molecule has 46 valence electrons. The molecule has 0 bridgehead atoms. The molecule has 2 nitrogen and oxygen atoms in total. The molecule has 0 aromatic rings. The van der Waals surface area contributed by atoms with Crippen LogP contribution in [0.4, 0.5) is 0 Å². The van der Waals surface area contributed by atoms with Gasteiger partial charge in [-0.05, 0) is 6.42 Å². The molecular weight excluding hydrogens is 102 g/mol. The highest BCUT2D eigenvalue weighted by Gasteiger charge is 2.29. The molecule has 2 rings (SSSR count). The molecule has 1 unspecified atom stereocenters. The van der Waals surface area contributed by atoms with Crippen molar-refractivity contribution in [3.63, 3.8) is 0 Å². The number of likely N-dealkylation sites (tertiary alicyclic amines) is 1. The Kier molecular flexibility index (Phi) is 1.02. The van der Waals surface area contributed by atoms with Gasteiger partial charge in [0.15, 0.2) is 0 Å². The monoisotopic (exact) mass is 113 g/mol. The van der Waals surface area contributed by atoms with Gasteiger partial charge in [-0.25, -0.2) is 0 Å². The van der Waals surface area contributed by atoms with E-state index in [4.69, 9.17) is 4.74 Å². The number of hydrogen-bond donors (Lipinski definition) is 0. The van der Waals surface area contributed by atoms with E-state index in [0.29, 0.717) is 6.23 Å². The fourth-order valence-corrected chi connectivity index (χ4v) is 1.14. The lowest BCUT2D eigenvalue weighted by Gasteiger charge is -2.42. The lowest BCUT2D eigenvalue weighted by atomic mass is 10.1. The Hall–Kier alpha value is -0.0800. The van der Waals surface area contributed by atoms with Gasteiger partial charge in [-0.15, -0.1) is 0 Å². The predicted octanol–water partition coefficient (Wildman–Crippen LogP) is 0.439. The van der Waals surface area contributed by atoms with Gasteiger partial charge in [0.05, 0.1) is 6.61 Å². The molecule has 0 N–H and O–H groups in total. The second-order valence-corrected chi connectivity index (χ2v) is 2.50. The molecule has 2 saturated heterocycles. The minimum atomic E-state index is 0.517. The smallest absolute Gasteiger partial charge is 0.112 e. The highest BCUT2D eigenvalue weighted by Crippen LogP contribution is 2.20. The SMILES string of the molecule is C1CN(C2CCO2)C1. The van der Waals surface area contributed by atoms with Gasteiger partial charge in [0, 0.05) is 19.5 Å². The van der Waals surface area contributed by atoms with Crippen LogP contribution in [0.5, 0.6) is 0 Å². The van der Waals surface area contributed by atoms with Crippen LogP contribution in [0, 0.1) is 0 Å². The molecule has 0 radical (unpaired) electrons. The fourth-order valence-electron chi connectivity index (χ4n) is 1.14. The Morgan fingerprint density at radius 2 is 2.12 bits per heavy atom. The summed E-state index contributed by atoms with van der Waals surface area (Å²) < 4.78 is 5.26. The van der Waals surface area contributed by atoms with E-state index in [9.17, 15) is 0 Å². The maximum Gasteiger partial charge on any atom is 0.112 e. The molecule has 0 aliphatic carbocycles. The van der Waals surface area contributed by atoms with Crippen LogP contribution in [0.3, 0.4) is 0 Å². The van der Waals surface area contributed by atoms with E-state index in [1.54, 1.807) is 0 Å². The van der Waals surface area contributed by atoms with E-state index >= 15 is 0 Å². The van der Waals surface area contributed by atoms with Crippen molar-refractivity contribution in [2.24, 2.45) is 0 Å². The molecule has 2 aliphatic rings. The zero-order valence-corrected chi connectivity index (χ0v) is 4.97. The van der Waals surface area contributed by atoms with E-state index in [1.807, 2.05) is 0 Å². The Labute approximate surface area is 49.4 Å². The van der Waals surface area contributed by atoms with Crippen LogP contribution >= 0.6 is 0 Å². The lowest BCUT2D eigenvalue weighted by molar-refractivity contribution is -0.163. The molecule has 0 spiro atoms. The van der Waals surface area contributed by atoms with Crippen LogP contribution < -0.4 is 0 Å². The zero-order valence-electron chi connectivity index (χ0n) is 4.97. The summed E-state index contributed by atoms with van der Waals surface area (Å²) in [6.07, 6.45) is 3.16. The van der Waals surface area contributed by atoms with Crippen LogP contribution in [0.15, 0.2) is 0 Å². The van der Waals surface area contributed by atoms with E-state index in [1.165, 1.54) is 25.9 Å². The van der Waals surface area contributed by atoms with Crippen LogP contribution in [0.2, 0.25) is 0 Å². The van der Waals surface area contributed by atoms with Gasteiger partial charge in [-0.3, -0.25) is 4.90 Å². The Morgan fingerprint density at radius 1 is 1.38 bits per heavy atom. The maximum atomic E-state index is 5.26. The van der Waals surface area contributed by atoms with E-state index in [0.717, 1.165) is 6.61 Å². The van der Waals surface area contributed by atoms with Crippen molar-refractivity contribution in [2.45, 2.75) is 19.1 Å². The Bertz CT molecular complexity index is 74.5. The predicted molar refractivity (Wildman–Crippen MR) is 30.5 cm³/mol. The van der Waals surface area contributed by atoms with Crippen LogP contribution in [0.1, 0.15) is 12.8 Å². The topological polar surface area (TPSA) is 12.5 Å². The Morgan fingerprint density at radius 3 is 2.25 bits per heavy atom. The molecular formula is C6H11NO. The molecule has 2 heterocycles. The average Bonchev–Trinajstić information content (AvgIpc) is 1.47. The van der Waals surface area contributed by atoms with Gasteiger partial charge in [0.1, 0.15) is 6.23 Å². The van der Waals surface area contributed by atoms with Crippen LogP contribution in [-0.2, 0) is 4.74 Å². The molecule has 2 aliphatic heterocycles. The van der Waals surface area contributed by atoms with Crippen molar-refractivity contribution in [3.8, 4) is 0 Å². The summed E-state index contributed by atoms with van der Waals surface area (Å²) in [5, 5.41) is 0. The second kappa shape index (κ2) is 1.71. The first-order valence-corrected chi connectivity index (χ1v) is 3.32. The molecule has 1 atom stereocenters. The first kappa shape index (κ1) is 4.77. The standard InChI is InChI=1S/C6H11NO/c1-3-7(4-1)6-2-5-8-6/h6H,1-5H2. The summed E-state index contributed by atoms with van der Waals surface area (Å²) in [4.78, 5) is 2.39. The summed E-state index contributed by atoms with van der Waals surface area (Å²) in [5.74, 6) is 0. The first-order chi connectivity index (χ1) is 3.97. The molecule has 2 heteroatoms. The molecule has 0 saturated carbocycles. The Balaban J connectivity index is 1.79. The quantitative estimate of drug-likeness (QED) is 0.489. The highest BCUT2D eigenvalue weighted by atomic mass is 16.5. The van der Waals surface area contributed by atoms with Gasteiger partial charge in [0.25, 0.3) is 0 Å². The van der Waals surface area contributed by atoms with Crippen LogP contribution in [0.25, 0.3) is 0 Å². The third-order valence-corrected chi connectivity index (χ3v) is 1.97. The molecule has 0 aromatic carbocycles. The van der Waals surface area contributed by atoms with Gasteiger partial charge < -0.3 is 4.74 Å². The molecule has 2 fully saturated rings. The van der Waals surface area contributed by atoms with Crippen molar-refractivity contribution in [1.29, 1.82) is 0 Å². The number of nitrogens with zero attached hydrogens (tertiary/aromatic N) is 1. The number of rotatable bonds is 1. The first-order valence-electron chi connectivity index (χ1n) is 3.32. The second-order valence-electron chi connectivity index (χ2n) is 2.50. The summed E-state index contributed by atoms with van der Waals surface area (Å²) in [5.41, 5.74) is 0. The molecule has 0 amide bonds. The van der Waals surface area contributed by atoms with Gasteiger partial charge in [-0.2, -0.15) is 0 Å². The van der Waals surface area contributed by atoms with Gasteiger partial charge in [-0.1, -0.05) is 0 Å². The summed E-state index contributed by atoms with van der Waals surface area (Å²) in [7, 11) is 0. The minimum Gasteiger partial charge on any atom is -0.363 e. The fraction of sp³-hybridized carbons (Fsp3) is 1.00. The number of ether oxygens (including phenoxy) is 1. The van der Waals surface area contributed by atoms with Crippen molar-refractivity contribution in [2.75, 3.05) is 19.7 Å². The largest absolute Gasteiger partial charge is 0.363 e. The summed E-state index contributed by atoms with van der Waals surface area (Å²) in [6.45, 7) is 3.52. The highest BCUT2D eigenvalue weighted by molar-refractivity contribution is 4.76. The summed E-state index contributed by atoms with van der Waals surface area (Å²) in [6, 6.07) is 0. The van der Waals surface area contributed by atoms with Crippen molar-refractivity contribution in [3.05, 3.63) is 0 Å². The van der Waals surface area contributed by atoms with E-state index < -0.39 is 0 Å². The third-order valence-electron chi connectivity index (χ3n) is 1.97. The number of hydrogen-bond acceptors (Lipinski definition) is 2. The van der Waals surface area contributed by atoms with E-state index in [-0.39, 0.29) is 0 Å². The molecule has 8 heavy (non-hydrogen) atoms. The van der Waals surface area contributed by atoms with Gasteiger partial charge in [0.2, 0.25) is 0 Å². The van der Waals surface area contributed by atoms with Crippen LogP contribution in [-0.4, -0.2) is 30.8 Å². The van der Waals surface area contributed by atoms with E-state index in [2.05, 4.69) is 4.90 Å². The normalized spacial score (nSPS) is 38.2. The minimum absolute atomic E-state index is 0.517. The van der Waals surface area contributed by atoms with Crippen molar-refractivity contribution < 1.29 is 4.74 Å². The summed E-state index contributed by atoms with van der Waals surface area (Å²) >= 11 is 0. The average molecular weight is 113 g/mol. The van der Waals surface area contributed by atoms with Gasteiger partial charge >= 0.3 is 0 Å². The lowest BCUT2D eigenvalue weighted by Crippen LogP contribution is -2.51. The zero-order chi connectivity index (χ0) is 5.40. The maximum absolute atomic E-state index is 5.26. The van der Waals surface area contributed by atoms with Crippen molar-refractivity contribution >= 4 is 0 Å². The van der Waals surface area contributed by atoms with Crippen molar-refractivity contribution in [1.82, 2.24) is 4.90 Å².